The maximum Gasteiger partial charge on any atom is 0.0322 e. The van der Waals surface area contributed by atoms with E-state index in [4.69, 9.17) is 0 Å². The highest BCUT2D eigenvalue weighted by molar-refractivity contribution is 4.94. The van der Waals surface area contributed by atoms with Crippen LogP contribution in [-0.2, 0) is 0 Å². The molecular weight excluding hydrogens is 234 g/mol. The van der Waals surface area contributed by atoms with Crippen molar-refractivity contribution in [1.29, 1.82) is 0 Å². The second kappa shape index (κ2) is 6.55. The molecule has 19 heavy (non-hydrogen) atoms. The number of rotatable bonds is 3. The standard InChI is InChI=1S/C16H33N3/c1-16(2)10-11-17-14(12-18(3)4)13-19(16)15-8-6-5-7-9-15/h14-15,17H,5-13H2,1-4H3. The third-order valence-electron chi connectivity index (χ3n) is 4.97. The van der Waals surface area contributed by atoms with Crippen LogP contribution in [0.4, 0.5) is 0 Å². The Bertz CT molecular complexity index is 269. The van der Waals surface area contributed by atoms with Crippen LogP contribution in [0.5, 0.6) is 0 Å². The minimum atomic E-state index is 0.357. The Morgan fingerprint density at radius 3 is 2.47 bits per heavy atom. The molecule has 0 amide bonds. The molecule has 3 nitrogen and oxygen atoms in total. The van der Waals surface area contributed by atoms with Crippen LogP contribution >= 0.6 is 0 Å². The summed E-state index contributed by atoms with van der Waals surface area (Å²) in [7, 11) is 4.37. The van der Waals surface area contributed by atoms with Crippen molar-refractivity contribution in [3.63, 3.8) is 0 Å². The fourth-order valence-electron chi connectivity index (χ4n) is 3.87. The molecule has 1 aliphatic carbocycles. The van der Waals surface area contributed by atoms with Crippen LogP contribution in [0.2, 0.25) is 0 Å². The van der Waals surface area contributed by atoms with E-state index in [1.54, 1.807) is 0 Å². The molecule has 1 saturated heterocycles. The van der Waals surface area contributed by atoms with Gasteiger partial charge in [0.25, 0.3) is 0 Å². The van der Waals surface area contributed by atoms with Gasteiger partial charge in [-0.1, -0.05) is 19.3 Å². The van der Waals surface area contributed by atoms with Crippen LogP contribution in [0, 0.1) is 0 Å². The molecule has 1 heterocycles. The highest BCUT2D eigenvalue weighted by atomic mass is 15.3. The van der Waals surface area contributed by atoms with Crippen LogP contribution in [0.3, 0.4) is 0 Å². The van der Waals surface area contributed by atoms with Crippen LogP contribution in [-0.4, -0.2) is 61.2 Å². The Balaban J connectivity index is 2.05. The molecule has 2 rings (SSSR count). The number of hydrogen-bond donors (Lipinski definition) is 1. The lowest BCUT2D eigenvalue weighted by Crippen LogP contribution is -2.53. The molecule has 0 bridgehead atoms. The van der Waals surface area contributed by atoms with Gasteiger partial charge in [-0.15, -0.1) is 0 Å². The minimum Gasteiger partial charge on any atom is -0.311 e. The van der Waals surface area contributed by atoms with Gasteiger partial charge in [-0.25, -0.2) is 0 Å². The van der Waals surface area contributed by atoms with Crippen molar-refractivity contribution in [2.75, 3.05) is 33.7 Å². The fourth-order valence-corrected chi connectivity index (χ4v) is 3.87. The van der Waals surface area contributed by atoms with Crippen LogP contribution in [0.15, 0.2) is 0 Å². The van der Waals surface area contributed by atoms with Crippen LogP contribution in [0.1, 0.15) is 52.4 Å². The Hall–Kier alpha value is -0.120. The second-order valence-electron chi connectivity index (χ2n) is 7.42. The Kier molecular flexibility index (Phi) is 5.27. The molecule has 1 unspecified atom stereocenters. The molecule has 1 saturated carbocycles. The van der Waals surface area contributed by atoms with E-state index in [0.29, 0.717) is 11.6 Å². The Labute approximate surface area is 119 Å². The first-order valence-electron chi connectivity index (χ1n) is 8.14. The highest BCUT2D eigenvalue weighted by Crippen LogP contribution is 2.31. The average Bonchev–Trinajstić information content (AvgIpc) is 2.49. The van der Waals surface area contributed by atoms with Gasteiger partial charge >= 0.3 is 0 Å². The zero-order valence-electron chi connectivity index (χ0n) is 13.4. The molecule has 1 atom stereocenters. The lowest BCUT2D eigenvalue weighted by atomic mass is 9.88. The Morgan fingerprint density at radius 2 is 1.84 bits per heavy atom. The molecule has 0 spiro atoms. The predicted octanol–water partition coefficient (Wildman–Crippen LogP) is 2.32. The van der Waals surface area contributed by atoms with E-state index in [9.17, 15) is 0 Å². The third-order valence-corrected chi connectivity index (χ3v) is 4.97. The molecular formula is C16H33N3. The van der Waals surface area contributed by atoms with Crippen molar-refractivity contribution >= 4 is 0 Å². The summed E-state index contributed by atoms with van der Waals surface area (Å²) in [6, 6.07) is 1.45. The first-order chi connectivity index (χ1) is 8.99. The molecule has 2 aliphatic rings. The van der Waals surface area contributed by atoms with Gasteiger partial charge in [0.05, 0.1) is 0 Å². The molecule has 0 aromatic heterocycles. The molecule has 112 valence electrons. The topological polar surface area (TPSA) is 18.5 Å². The van der Waals surface area contributed by atoms with Gasteiger partial charge in [-0.05, 0) is 53.8 Å². The predicted molar refractivity (Wildman–Crippen MR) is 82.6 cm³/mol. The number of hydrogen-bond acceptors (Lipinski definition) is 3. The van der Waals surface area contributed by atoms with E-state index in [1.165, 1.54) is 45.1 Å². The first-order valence-corrected chi connectivity index (χ1v) is 8.14. The van der Waals surface area contributed by atoms with Crippen molar-refractivity contribution < 1.29 is 0 Å². The largest absolute Gasteiger partial charge is 0.311 e. The van der Waals surface area contributed by atoms with E-state index in [-0.39, 0.29) is 0 Å². The van der Waals surface area contributed by atoms with Crippen molar-refractivity contribution in [1.82, 2.24) is 15.1 Å². The quantitative estimate of drug-likeness (QED) is 0.846. The average molecular weight is 267 g/mol. The van der Waals surface area contributed by atoms with Gasteiger partial charge in [-0.2, -0.15) is 0 Å². The van der Waals surface area contributed by atoms with E-state index < -0.39 is 0 Å². The smallest absolute Gasteiger partial charge is 0.0322 e. The molecule has 3 heteroatoms. The highest BCUT2D eigenvalue weighted by Gasteiger charge is 2.36. The first kappa shape index (κ1) is 15.3. The summed E-state index contributed by atoms with van der Waals surface area (Å²) in [5.41, 5.74) is 0.357. The number of nitrogens with zero attached hydrogens (tertiary/aromatic N) is 2. The molecule has 2 fully saturated rings. The lowest BCUT2D eigenvalue weighted by Gasteiger charge is -2.45. The van der Waals surface area contributed by atoms with Crippen molar-refractivity contribution in [3.8, 4) is 0 Å². The monoisotopic (exact) mass is 267 g/mol. The fraction of sp³-hybridized carbons (Fsp3) is 1.00. The van der Waals surface area contributed by atoms with Gasteiger partial charge in [0, 0.05) is 30.7 Å². The van der Waals surface area contributed by atoms with Gasteiger partial charge in [-0.3, -0.25) is 4.90 Å². The van der Waals surface area contributed by atoms with Gasteiger partial charge in [0.15, 0.2) is 0 Å². The van der Waals surface area contributed by atoms with Crippen molar-refractivity contribution in [3.05, 3.63) is 0 Å². The van der Waals surface area contributed by atoms with Crippen molar-refractivity contribution in [2.45, 2.75) is 70.0 Å². The van der Waals surface area contributed by atoms with E-state index >= 15 is 0 Å². The summed E-state index contributed by atoms with van der Waals surface area (Å²) in [5.74, 6) is 0. The van der Waals surface area contributed by atoms with Crippen LogP contribution < -0.4 is 5.32 Å². The van der Waals surface area contributed by atoms with E-state index in [1.807, 2.05) is 0 Å². The number of nitrogens with one attached hydrogen (secondary N) is 1. The maximum absolute atomic E-state index is 3.75. The normalized spacial score (nSPS) is 30.5. The third kappa shape index (κ3) is 4.17. The Morgan fingerprint density at radius 1 is 1.16 bits per heavy atom. The van der Waals surface area contributed by atoms with E-state index in [2.05, 4.69) is 43.1 Å². The minimum absolute atomic E-state index is 0.357. The van der Waals surface area contributed by atoms with Crippen molar-refractivity contribution in [2.24, 2.45) is 0 Å². The summed E-state index contributed by atoms with van der Waals surface area (Å²) in [6.45, 7) is 8.42. The molecule has 1 N–H and O–H groups in total. The van der Waals surface area contributed by atoms with Gasteiger partial charge < -0.3 is 10.2 Å². The summed E-state index contributed by atoms with van der Waals surface area (Å²) >= 11 is 0. The summed E-state index contributed by atoms with van der Waals surface area (Å²) in [6.07, 6.45) is 8.42. The second-order valence-corrected chi connectivity index (χ2v) is 7.42. The SMILES string of the molecule is CN(C)CC1CN(C2CCCCC2)C(C)(C)CCN1. The molecule has 1 aliphatic heterocycles. The summed E-state index contributed by atoms with van der Waals surface area (Å²) < 4.78 is 0. The zero-order chi connectivity index (χ0) is 13.9. The van der Waals surface area contributed by atoms with Gasteiger partial charge in [0.2, 0.25) is 0 Å². The molecule has 0 radical (unpaired) electrons. The molecule has 0 aromatic carbocycles. The zero-order valence-corrected chi connectivity index (χ0v) is 13.4. The maximum atomic E-state index is 3.75. The molecule has 0 aromatic rings. The number of likely N-dealkylation sites (N-methyl/N-ethyl adjacent to an activating group) is 1. The summed E-state index contributed by atoms with van der Waals surface area (Å²) in [5, 5.41) is 3.75. The summed E-state index contributed by atoms with van der Waals surface area (Å²) in [4.78, 5) is 5.15. The van der Waals surface area contributed by atoms with Crippen LogP contribution in [0.25, 0.3) is 0 Å². The van der Waals surface area contributed by atoms with E-state index in [0.717, 1.165) is 19.1 Å². The lowest BCUT2D eigenvalue weighted by molar-refractivity contribution is 0.0463. The van der Waals surface area contributed by atoms with Gasteiger partial charge in [0.1, 0.15) is 0 Å².